The molecule has 3 saturated carbocycles. The highest BCUT2D eigenvalue weighted by Crippen LogP contribution is 2.47. The molecule has 1 aromatic carbocycles. The molecule has 0 radical (unpaired) electrons. The van der Waals surface area contributed by atoms with Crippen molar-refractivity contribution in [2.45, 2.75) is 83.0 Å². The molecular weight excluding hydrogens is 457 g/mol. The van der Waals surface area contributed by atoms with Crippen molar-refractivity contribution in [3.8, 4) is 5.75 Å². The number of hydrogen-bond acceptors (Lipinski definition) is 4. The number of nitrogens with zero attached hydrogens (tertiary/aromatic N) is 1. The van der Waals surface area contributed by atoms with Crippen LogP contribution in [0.25, 0.3) is 10.9 Å². The van der Waals surface area contributed by atoms with Crippen molar-refractivity contribution in [1.29, 1.82) is 0 Å². The Hall–Kier alpha value is -2.51. The van der Waals surface area contributed by atoms with Gasteiger partial charge in [0.1, 0.15) is 17.1 Å². The molecule has 2 aromatic rings. The Morgan fingerprint density at radius 3 is 2.34 bits per heavy atom. The number of carboxylic acid groups (broad SMARTS) is 1. The number of fused-ring (bicyclic) bond motifs is 3. The van der Waals surface area contributed by atoms with Gasteiger partial charge in [0.15, 0.2) is 0 Å². The summed E-state index contributed by atoms with van der Waals surface area (Å²) in [6.07, 6.45) is 3.10. The summed E-state index contributed by atoms with van der Waals surface area (Å²) in [4.78, 5) is 16.0. The third kappa shape index (κ3) is 4.94. The Morgan fingerprint density at radius 2 is 1.74 bits per heavy atom. The van der Waals surface area contributed by atoms with Crippen molar-refractivity contribution in [2.75, 3.05) is 5.32 Å². The first-order chi connectivity index (χ1) is 16.7. The zero-order valence-corrected chi connectivity index (χ0v) is 20.0. The summed E-state index contributed by atoms with van der Waals surface area (Å²) < 4.78 is 48.4. The summed E-state index contributed by atoms with van der Waals surface area (Å²) in [7, 11) is 0. The molecule has 0 aliphatic heterocycles. The second-order valence-corrected chi connectivity index (χ2v) is 10.6. The fraction of sp³-hybridized carbons (Fsp3) is 0.630. The molecule has 2 unspecified atom stereocenters. The number of pyridine rings is 1. The summed E-state index contributed by atoms with van der Waals surface area (Å²) >= 11 is 0. The van der Waals surface area contributed by atoms with E-state index in [2.05, 4.69) is 17.2 Å². The first-order valence-electron chi connectivity index (χ1n) is 12.9. The van der Waals surface area contributed by atoms with Gasteiger partial charge >= 0.3 is 12.1 Å². The molecule has 35 heavy (non-hydrogen) atoms. The summed E-state index contributed by atoms with van der Waals surface area (Å²) in [5.41, 5.74) is -0.482. The number of carboxylic acids is 1. The molecule has 0 spiro atoms. The van der Waals surface area contributed by atoms with Gasteiger partial charge < -0.3 is 15.2 Å². The summed E-state index contributed by atoms with van der Waals surface area (Å²) in [5.74, 6) is 0.511. The molecule has 3 fully saturated rings. The van der Waals surface area contributed by atoms with Crippen molar-refractivity contribution in [2.24, 2.45) is 23.7 Å². The first kappa shape index (κ1) is 24.2. The number of nitrogens with one attached hydrogen (secondary N) is 1. The normalized spacial score (nSPS) is 30.9. The average molecular weight is 491 g/mol. The first-order valence-corrected chi connectivity index (χ1v) is 12.9. The summed E-state index contributed by atoms with van der Waals surface area (Å²) in [5, 5.41) is 12.9. The minimum absolute atomic E-state index is 0.0420. The average Bonchev–Trinajstić information content (AvgIpc) is 3.04. The number of benzene rings is 1. The molecule has 5 nitrogen and oxygen atoms in total. The van der Waals surface area contributed by atoms with Gasteiger partial charge in [0, 0.05) is 11.4 Å². The Bertz CT molecular complexity index is 1070. The number of halogens is 3. The Labute approximate surface area is 203 Å². The Balaban J connectivity index is 1.37. The molecule has 2 bridgehead atoms. The van der Waals surface area contributed by atoms with E-state index in [9.17, 15) is 23.1 Å². The molecule has 0 saturated heterocycles. The van der Waals surface area contributed by atoms with Crippen molar-refractivity contribution < 1.29 is 27.8 Å². The van der Waals surface area contributed by atoms with Crippen LogP contribution in [0.4, 0.5) is 19.0 Å². The molecule has 2 atom stereocenters. The van der Waals surface area contributed by atoms with Gasteiger partial charge in [-0.1, -0.05) is 13.3 Å². The lowest BCUT2D eigenvalue weighted by molar-refractivity contribution is -0.143. The van der Waals surface area contributed by atoms with Gasteiger partial charge in [0.2, 0.25) is 0 Å². The van der Waals surface area contributed by atoms with Gasteiger partial charge in [0.05, 0.1) is 17.5 Å². The zero-order valence-electron chi connectivity index (χ0n) is 20.0. The molecule has 190 valence electrons. The predicted molar refractivity (Wildman–Crippen MR) is 127 cm³/mol. The SMILES string of the molecule is CCC1CCC(Oc2ccc3nc(NC4C5CCC4CC(C(=O)O)C5)ccc3c2C(F)(F)F)CC1. The summed E-state index contributed by atoms with van der Waals surface area (Å²) in [6, 6.07) is 6.22. The fourth-order valence-electron chi connectivity index (χ4n) is 6.63. The van der Waals surface area contributed by atoms with Crippen LogP contribution in [0.3, 0.4) is 0 Å². The number of hydrogen-bond donors (Lipinski definition) is 2. The van der Waals surface area contributed by atoms with Crippen LogP contribution in [0.2, 0.25) is 0 Å². The number of aliphatic carboxylic acids is 1. The number of alkyl halides is 3. The van der Waals surface area contributed by atoms with Crippen LogP contribution in [0.1, 0.15) is 70.3 Å². The van der Waals surface area contributed by atoms with Crippen molar-refractivity contribution in [3.63, 3.8) is 0 Å². The molecule has 0 amide bonds. The van der Waals surface area contributed by atoms with Crippen LogP contribution >= 0.6 is 0 Å². The molecular formula is C27H33F3N2O3. The van der Waals surface area contributed by atoms with Gasteiger partial charge in [0.25, 0.3) is 0 Å². The van der Waals surface area contributed by atoms with Crippen LogP contribution < -0.4 is 10.1 Å². The number of aromatic nitrogens is 1. The molecule has 3 aliphatic rings. The molecule has 3 aliphatic carbocycles. The van der Waals surface area contributed by atoms with E-state index in [-0.39, 0.29) is 46.6 Å². The highest BCUT2D eigenvalue weighted by Gasteiger charge is 2.45. The minimum Gasteiger partial charge on any atom is -0.490 e. The van der Waals surface area contributed by atoms with E-state index in [0.29, 0.717) is 24.6 Å². The van der Waals surface area contributed by atoms with Crippen LogP contribution in [0.5, 0.6) is 5.75 Å². The maximum absolute atomic E-state index is 14.2. The summed E-state index contributed by atoms with van der Waals surface area (Å²) in [6.45, 7) is 2.15. The van der Waals surface area contributed by atoms with Crippen LogP contribution in [0.15, 0.2) is 24.3 Å². The Kier molecular flexibility index (Phi) is 6.57. The van der Waals surface area contributed by atoms with Crippen molar-refractivity contribution in [1.82, 2.24) is 4.98 Å². The fourth-order valence-corrected chi connectivity index (χ4v) is 6.63. The topological polar surface area (TPSA) is 71.5 Å². The second kappa shape index (κ2) is 9.51. The molecule has 2 N–H and O–H groups in total. The standard InChI is InChI=1S/C27H33F3N2O3/c1-2-15-3-7-19(8-4-15)35-22-11-10-21-20(24(22)27(28,29)30)9-12-23(31-21)32-25-16-5-6-17(25)14-18(13-16)26(33)34/h9-12,15-19,25H,2-8,13-14H2,1H3,(H,31,32)(H,33,34). The van der Waals surface area contributed by atoms with Crippen LogP contribution in [-0.2, 0) is 11.0 Å². The third-order valence-electron chi connectivity index (χ3n) is 8.54. The van der Waals surface area contributed by atoms with Crippen LogP contribution in [0, 0.1) is 23.7 Å². The van der Waals surface area contributed by atoms with Gasteiger partial charge in [-0.15, -0.1) is 0 Å². The second-order valence-electron chi connectivity index (χ2n) is 10.6. The largest absolute Gasteiger partial charge is 0.490 e. The molecule has 1 heterocycles. The lowest BCUT2D eigenvalue weighted by atomic mass is 9.77. The lowest BCUT2D eigenvalue weighted by Gasteiger charge is -2.34. The monoisotopic (exact) mass is 490 g/mol. The predicted octanol–water partition coefficient (Wildman–Crippen LogP) is 6.90. The van der Waals surface area contributed by atoms with E-state index in [4.69, 9.17) is 4.74 Å². The van der Waals surface area contributed by atoms with Gasteiger partial charge in [-0.2, -0.15) is 13.2 Å². The molecule has 1 aromatic heterocycles. The van der Waals surface area contributed by atoms with Gasteiger partial charge in [-0.05, 0) is 93.4 Å². The highest BCUT2D eigenvalue weighted by atomic mass is 19.4. The maximum Gasteiger partial charge on any atom is 0.420 e. The van der Waals surface area contributed by atoms with Gasteiger partial charge in [-0.25, -0.2) is 4.98 Å². The highest BCUT2D eigenvalue weighted by molar-refractivity contribution is 5.86. The van der Waals surface area contributed by atoms with E-state index in [1.54, 1.807) is 12.1 Å². The Morgan fingerprint density at radius 1 is 1.06 bits per heavy atom. The number of carbonyl (C=O) groups is 1. The lowest BCUT2D eigenvalue weighted by Crippen LogP contribution is -2.39. The van der Waals surface area contributed by atoms with Crippen LogP contribution in [-0.4, -0.2) is 28.2 Å². The minimum atomic E-state index is -4.56. The van der Waals surface area contributed by atoms with E-state index in [1.807, 2.05) is 0 Å². The quantitative estimate of drug-likeness (QED) is 0.461. The van der Waals surface area contributed by atoms with Crippen molar-refractivity contribution >= 4 is 22.7 Å². The third-order valence-corrected chi connectivity index (χ3v) is 8.54. The maximum atomic E-state index is 14.2. The zero-order chi connectivity index (χ0) is 24.7. The number of anilines is 1. The molecule has 5 rings (SSSR count). The van der Waals surface area contributed by atoms with E-state index < -0.39 is 17.7 Å². The van der Waals surface area contributed by atoms with Crippen molar-refractivity contribution in [3.05, 3.63) is 29.8 Å². The van der Waals surface area contributed by atoms with E-state index in [1.165, 1.54) is 12.1 Å². The van der Waals surface area contributed by atoms with E-state index in [0.717, 1.165) is 44.9 Å². The smallest absolute Gasteiger partial charge is 0.420 e. The van der Waals surface area contributed by atoms with Gasteiger partial charge in [-0.3, -0.25) is 4.79 Å². The number of ether oxygens (including phenoxy) is 1. The number of rotatable bonds is 6. The van der Waals surface area contributed by atoms with E-state index >= 15 is 0 Å². The molecule has 8 heteroatoms.